The van der Waals surface area contributed by atoms with Crippen molar-refractivity contribution in [2.75, 3.05) is 10.7 Å². The highest BCUT2D eigenvalue weighted by Crippen LogP contribution is 2.38. The molecule has 1 aliphatic heterocycles. The third-order valence-electron chi connectivity index (χ3n) is 5.17. The molecular formula is C21H22FN5OS. The second-order valence-corrected chi connectivity index (χ2v) is 8.13. The highest BCUT2D eigenvalue weighted by atomic mass is 32.2. The summed E-state index contributed by atoms with van der Waals surface area (Å²) in [5.74, 6) is 0.332. The number of anilines is 1. The van der Waals surface area contributed by atoms with Gasteiger partial charge in [-0.15, -0.1) is 10.2 Å². The van der Waals surface area contributed by atoms with Crippen LogP contribution >= 0.6 is 11.8 Å². The summed E-state index contributed by atoms with van der Waals surface area (Å²) in [6.07, 6.45) is 0.704. The molecule has 2 N–H and O–H groups in total. The van der Waals surface area contributed by atoms with Crippen molar-refractivity contribution in [2.24, 2.45) is 0 Å². The second-order valence-electron chi connectivity index (χ2n) is 7.02. The van der Waals surface area contributed by atoms with Crippen LogP contribution < -0.4 is 10.7 Å². The van der Waals surface area contributed by atoms with Gasteiger partial charge in [-0.3, -0.25) is 4.79 Å². The molecule has 1 aliphatic rings. The normalized spacial score (nSPS) is 18.1. The summed E-state index contributed by atoms with van der Waals surface area (Å²) in [4.78, 5) is 13.3. The number of fused-ring (bicyclic) bond motifs is 1. The summed E-state index contributed by atoms with van der Waals surface area (Å²) in [6, 6.07) is 11.7. The fourth-order valence-corrected chi connectivity index (χ4v) is 4.44. The number of nitrogens with zero attached hydrogens (tertiary/aromatic N) is 3. The summed E-state index contributed by atoms with van der Waals surface area (Å²) in [6.45, 7) is 5.99. The summed E-state index contributed by atoms with van der Waals surface area (Å²) >= 11 is 1.36. The molecule has 1 aromatic heterocycles. The van der Waals surface area contributed by atoms with Crippen LogP contribution in [0.2, 0.25) is 0 Å². The molecule has 0 fully saturated rings. The van der Waals surface area contributed by atoms with Crippen LogP contribution in [-0.4, -0.2) is 26.0 Å². The van der Waals surface area contributed by atoms with Crippen molar-refractivity contribution in [1.29, 1.82) is 0 Å². The maximum absolute atomic E-state index is 13.5. The molecule has 150 valence electrons. The summed E-state index contributed by atoms with van der Waals surface area (Å²) in [5.41, 5.74) is 7.11. The Labute approximate surface area is 172 Å². The van der Waals surface area contributed by atoms with Crippen molar-refractivity contribution in [3.05, 3.63) is 70.8 Å². The lowest BCUT2D eigenvalue weighted by Crippen LogP contribution is -2.41. The van der Waals surface area contributed by atoms with Crippen molar-refractivity contribution < 1.29 is 9.18 Å². The minimum atomic E-state index is -0.498. The number of hydrogen-bond acceptors (Lipinski definition) is 5. The monoisotopic (exact) mass is 411 g/mol. The molecule has 0 saturated carbocycles. The second kappa shape index (κ2) is 7.87. The number of carbonyl (C=O) groups is 1. The van der Waals surface area contributed by atoms with Crippen LogP contribution in [0.5, 0.6) is 0 Å². The van der Waals surface area contributed by atoms with E-state index in [9.17, 15) is 9.18 Å². The summed E-state index contributed by atoms with van der Waals surface area (Å²) in [7, 11) is 0. The van der Waals surface area contributed by atoms with E-state index in [0.29, 0.717) is 11.6 Å². The number of halogens is 1. The number of nitrogens with one attached hydrogen (secondary N) is 2. The Morgan fingerprint density at radius 2 is 1.97 bits per heavy atom. The SMILES string of the molecule is CCc1nnc2n1N[C@@H](c1ccc(F)cc1)[C@H](C(=O)Nc1cccc(C)c1C)S2. The molecule has 29 heavy (non-hydrogen) atoms. The highest BCUT2D eigenvalue weighted by Gasteiger charge is 2.37. The summed E-state index contributed by atoms with van der Waals surface area (Å²) in [5, 5.41) is 11.6. The molecule has 6 nitrogen and oxygen atoms in total. The van der Waals surface area contributed by atoms with Gasteiger partial charge >= 0.3 is 0 Å². The van der Waals surface area contributed by atoms with E-state index in [-0.39, 0.29) is 17.8 Å². The van der Waals surface area contributed by atoms with Crippen molar-refractivity contribution in [2.45, 2.75) is 43.6 Å². The lowest BCUT2D eigenvalue weighted by atomic mass is 10.0. The first-order chi connectivity index (χ1) is 14.0. The Hall–Kier alpha value is -2.87. The highest BCUT2D eigenvalue weighted by molar-refractivity contribution is 8.00. The van der Waals surface area contributed by atoms with E-state index in [4.69, 9.17) is 0 Å². The molecule has 2 heterocycles. The van der Waals surface area contributed by atoms with Crippen LogP contribution in [0, 0.1) is 19.7 Å². The topological polar surface area (TPSA) is 71.8 Å². The fourth-order valence-electron chi connectivity index (χ4n) is 3.34. The Morgan fingerprint density at radius 1 is 1.21 bits per heavy atom. The molecule has 0 radical (unpaired) electrons. The molecule has 1 amide bonds. The van der Waals surface area contributed by atoms with Crippen LogP contribution in [-0.2, 0) is 11.2 Å². The first-order valence-corrected chi connectivity index (χ1v) is 10.4. The van der Waals surface area contributed by atoms with E-state index in [1.54, 1.807) is 12.1 Å². The predicted octanol–water partition coefficient (Wildman–Crippen LogP) is 3.99. The number of carbonyl (C=O) groups excluding carboxylic acids is 1. The van der Waals surface area contributed by atoms with Crippen LogP contribution in [0.1, 0.15) is 35.5 Å². The van der Waals surface area contributed by atoms with Crippen LogP contribution in [0.4, 0.5) is 10.1 Å². The van der Waals surface area contributed by atoms with Gasteiger partial charge in [0.1, 0.15) is 11.1 Å². The minimum Gasteiger partial charge on any atom is -0.325 e. The van der Waals surface area contributed by atoms with Gasteiger partial charge in [-0.05, 0) is 48.7 Å². The largest absolute Gasteiger partial charge is 0.325 e. The van der Waals surface area contributed by atoms with Crippen molar-refractivity contribution in [3.8, 4) is 0 Å². The number of thioether (sulfide) groups is 1. The number of hydrogen-bond donors (Lipinski definition) is 2. The van der Waals surface area contributed by atoms with E-state index < -0.39 is 5.25 Å². The fraction of sp³-hybridized carbons (Fsp3) is 0.286. The Kier molecular flexibility index (Phi) is 5.27. The number of rotatable bonds is 4. The Balaban J connectivity index is 1.69. The first kappa shape index (κ1) is 19.4. The predicted molar refractivity (Wildman–Crippen MR) is 112 cm³/mol. The van der Waals surface area contributed by atoms with Gasteiger partial charge in [0.05, 0.1) is 6.04 Å². The third-order valence-corrected chi connectivity index (χ3v) is 6.39. The van der Waals surface area contributed by atoms with Crippen molar-refractivity contribution in [1.82, 2.24) is 14.9 Å². The average Bonchev–Trinajstić information content (AvgIpc) is 3.13. The number of amides is 1. The lowest BCUT2D eigenvalue weighted by Gasteiger charge is -2.33. The molecule has 0 bridgehead atoms. The Morgan fingerprint density at radius 3 is 2.69 bits per heavy atom. The van der Waals surface area contributed by atoms with Crippen LogP contribution in [0.15, 0.2) is 47.6 Å². The van der Waals surface area contributed by atoms with E-state index in [0.717, 1.165) is 28.2 Å². The molecule has 0 unspecified atom stereocenters. The van der Waals surface area contributed by atoms with Crippen molar-refractivity contribution in [3.63, 3.8) is 0 Å². The molecule has 3 aromatic rings. The van der Waals surface area contributed by atoms with Gasteiger partial charge < -0.3 is 10.7 Å². The van der Waals surface area contributed by atoms with E-state index in [1.807, 2.05) is 43.6 Å². The number of benzene rings is 2. The van der Waals surface area contributed by atoms with Gasteiger partial charge in [0.2, 0.25) is 11.1 Å². The zero-order valence-electron chi connectivity index (χ0n) is 16.4. The molecule has 0 aliphatic carbocycles. The average molecular weight is 412 g/mol. The molecule has 2 atom stereocenters. The van der Waals surface area contributed by atoms with E-state index in [1.165, 1.54) is 23.9 Å². The Bertz CT molecular complexity index is 1050. The third kappa shape index (κ3) is 3.72. The standard InChI is InChI=1S/C21H22FN5OS/c1-4-17-24-25-21-27(17)26-18(14-8-10-15(22)11-9-14)19(29-21)20(28)23-16-7-5-6-12(2)13(16)3/h5-11,18-19,26H,4H2,1-3H3,(H,23,28)/t18-,19+/m0/s1. The quantitative estimate of drug-likeness (QED) is 0.679. The van der Waals surface area contributed by atoms with Gasteiger partial charge in [-0.2, -0.15) is 0 Å². The maximum atomic E-state index is 13.5. The summed E-state index contributed by atoms with van der Waals surface area (Å²) < 4.78 is 15.3. The number of aryl methyl sites for hydroxylation is 2. The molecule has 8 heteroatoms. The lowest BCUT2D eigenvalue weighted by molar-refractivity contribution is -0.116. The van der Waals surface area contributed by atoms with E-state index >= 15 is 0 Å². The van der Waals surface area contributed by atoms with Gasteiger partial charge in [-0.1, -0.05) is 43.0 Å². The molecule has 2 aromatic carbocycles. The molecule has 0 saturated heterocycles. The van der Waals surface area contributed by atoms with Gasteiger partial charge in [0.25, 0.3) is 0 Å². The molecular weight excluding hydrogens is 389 g/mol. The zero-order valence-corrected chi connectivity index (χ0v) is 17.3. The van der Waals surface area contributed by atoms with Gasteiger partial charge in [0.15, 0.2) is 5.82 Å². The number of aromatic nitrogens is 3. The van der Waals surface area contributed by atoms with Crippen LogP contribution in [0.3, 0.4) is 0 Å². The first-order valence-electron chi connectivity index (χ1n) is 9.48. The maximum Gasteiger partial charge on any atom is 0.240 e. The zero-order chi connectivity index (χ0) is 20.5. The smallest absolute Gasteiger partial charge is 0.240 e. The van der Waals surface area contributed by atoms with Crippen molar-refractivity contribution >= 4 is 23.4 Å². The molecule has 4 rings (SSSR count). The molecule has 0 spiro atoms. The van der Waals surface area contributed by atoms with Gasteiger partial charge in [0, 0.05) is 12.1 Å². The van der Waals surface area contributed by atoms with E-state index in [2.05, 4.69) is 20.9 Å². The van der Waals surface area contributed by atoms with Gasteiger partial charge in [-0.25, -0.2) is 9.07 Å². The van der Waals surface area contributed by atoms with Crippen LogP contribution in [0.25, 0.3) is 0 Å². The minimum absolute atomic E-state index is 0.141.